The van der Waals surface area contributed by atoms with Crippen LogP contribution in [0.1, 0.15) is 18.5 Å². The zero-order valence-electron chi connectivity index (χ0n) is 10.2. The number of thiazole rings is 1. The molecule has 0 bridgehead atoms. The van der Waals surface area contributed by atoms with Crippen LogP contribution in [-0.4, -0.2) is 17.3 Å². The molecule has 0 spiro atoms. The van der Waals surface area contributed by atoms with E-state index in [1.807, 2.05) is 42.8 Å². The highest BCUT2D eigenvalue weighted by Gasteiger charge is 2.08. The van der Waals surface area contributed by atoms with Gasteiger partial charge in [0.2, 0.25) is 0 Å². The first kappa shape index (κ1) is 13.4. The van der Waals surface area contributed by atoms with Gasteiger partial charge in [-0.15, -0.1) is 11.3 Å². The summed E-state index contributed by atoms with van der Waals surface area (Å²) >= 11 is 3.34. The number of benzene rings is 1. The molecule has 0 amide bonds. The number of aromatic nitrogens is 1. The SMILES string of the molecule is CCOc1ccc(C(N)CSc2nccs2)cc1. The lowest BCUT2D eigenvalue weighted by molar-refractivity contribution is 0.340. The molecule has 2 aromatic rings. The Morgan fingerprint density at radius 2 is 2.17 bits per heavy atom. The van der Waals surface area contributed by atoms with Gasteiger partial charge in [0.05, 0.1) is 6.61 Å². The number of thioether (sulfide) groups is 1. The molecule has 0 saturated carbocycles. The van der Waals surface area contributed by atoms with Gasteiger partial charge in [0.25, 0.3) is 0 Å². The van der Waals surface area contributed by atoms with Gasteiger partial charge in [-0.2, -0.15) is 0 Å². The average Bonchev–Trinajstić information content (AvgIpc) is 2.90. The molecule has 0 fully saturated rings. The minimum atomic E-state index is 0.0228. The fourth-order valence-electron chi connectivity index (χ4n) is 1.52. The lowest BCUT2D eigenvalue weighted by Gasteiger charge is -2.11. The minimum Gasteiger partial charge on any atom is -0.494 e. The van der Waals surface area contributed by atoms with Crippen molar-refractivity contribution in [3.05, 3.63) is 41.4 Å². The Bertz CT molecular complexity index is 456. The third-order valence-corrected chi connectivity index (χ3v) is 4.50. The number of hydrogen-bond acceptors (Lipinski definition) is 5. The second kappa shape index (κ2) is 6.78. The van der Waals surface area contributed by atoms with Crippen LogP contribution in [0.3, 0.4) is 0 Å². The molecule has 18 heavy (non-hydrogen) atoms. The molecule has 1 heterocycles. The van der Waals surface area contributed by atoms with Crippen LogP contribution < -0.4 is 10.5 Å². The van der Waals surface area contributed by atoms with Crippen molar-refractivity contribution in [2.24, 2.45) is 5.73 Å². The zero-order chi connectivity index (χ0) is 12.8. The highest BCUT2D eigenvalue weighted by Crippen LogP contribution is 2.25. The first-order valence-corrected chi connectivity index (χ1v) is 7.66. The van der Waals surface area contributed by atoms with Crippen molar-refractivity contribution >= 4 is 23.1 Å². The molecule has 1 aromatic heterocycles. The molecule has 0 aliphatic carbocycles. The van der Waals surface area contributed by atoms with E-state index in [4.69, 9.17) is 10.5 Å². The fourth-order valence-corrected chi connectivity index (χ4v) is 3.17. The zero-order valence-corrected chi connectivity index (χ0v) is 11.8. The molecule has 96 valence electrons. The van der Waals surface area contributed by atoms with Crippen molar-refractivity contribution in [1.82, 2.24) is 4.98 Å². The van der Waals surface area contributed by atoms with Gasteiger partial charge in [-0.1, -0.05) is 23.9 Å². The van der Waals surface area contributed by atoms with Crippen molar-refractivity contribution in [3.8, 4) is 5.75 Å². The summed E-state index contributed by atoms with van der Waals surface area (Å²) in [6.07, 6.45) is 1.81. The lowest BCUT2D eigenvalue weighted by atomic mass is 10.1. The highest BCUT2D eigenvalue weighted by atomic mass is 32.2. The number of nitrogens with two attached hydrogens (primary N) is 1. The maximum Gasteiger partial charge on any atom is 0.149 e. The standard InChI is InChI=1S/C13H16N2OS2/c1-2-16-11-5-3-10(4-6-11)12(14)9-18-13-15-7-8-17-13/h3-8,12H,2,9,14H2,1H3. The first-order chi connectivity index (χ1) is 8.79. The van der Waals surface area contributed by atoms with E-state index in [0.29, 0.717) is 6.61 Å². The average molecular weight is 280 g/mol. The van der Waals surface area contributed by atoms with E-state index in [1.165, 1.54) is 0 Å². The number of rotatable bonds is 6. The largest absolute Gasteiger partial charge is 0.494 e. The van der Waals surface area contributed by atoms with Gasteiger partial charge < -0.3 is 10.5 Å². The highest BCUT2D eigenvalue weighted by molar-refractivity contribution is 8.01. The monoisotopic (exact) mass is 280 g/mol. The van der Waals surface area contributed by atoms with Gasteiger partial charge in [-0.05, 0) is 24.6 Å². The molecule has 1 unspecified atom stereocenters. The molecular weight excluding hydrogens is 264 g/mol. The van der Waals surface area contributed by atoms with E-state index in [2.05, 4.69) is 4.98 Å². The van der Waals surface area contributed by atoms with Gasteiger partial charge in [0.1, 0.15) is 10.1 Å². The lowest BCUT2D eigenvalue weighted by Crippen LogP contribution is -2.12. The molecule has 2 rings (SSSR count). The van der Waals surface area contributed by atoms with Crippen molar-refractivity contribution in [2.75, 3.05) is 12.4 Å². The first-order valence-electron chi connectivity index (χ1n) is 5.80. The van der Waals surface area contributed by atoms with Crippen LogP contribution in [0, 0.1) is 0 Å². The predicted molar refractivity (Wildman–Crippen MR) is 77.4 cm³/mol. The Kier molecular flexibility index (Phi) is 5.04. The van der Waals surface area contributed by atoms with Crippen LogP contribution in [-0.2, 0) is 0 Å². The van der Waals surface area contributed by atoms with E-state index in [1.54, 1.807) is 23.1 Å². The van der Waals surface area contributed by atoms with Gasteiger partial charge in [-0.25, -0.2) is 4.98 Å². The molecule has 1 atom stereocenters. The van der Waals surface area contributed by atoms with Gasteiger partial charge in [0.15, 0.2) is 0 Å². The summed E-state index contributed by atoms with van der Waals surface area (Å²) in [5.74, 6) is 1.72. The Balaban J connectivity index is 1.89. The van der Waals surface area contributed by atoms with Crippen molar-refractivity contribution in [3.63, 3.8) is 0 Å². The van der Waals surface area contributed by atoms with E-state index in [0.717, 1.165) is 21.4 Å². The van der Waals surface area contributed by atoms with Crippen LogP contribution in [0.5, 0.6) is 5.75 Å². The van der Waals surface area contributed by atoms with Crippen LogP contribution >= 0.6 is 23.1 Å². The van der Waals surface area contributed by atoms with Crippen LogP contribution in [0.25, 0.3) is 0 Å². The summed E-state index contributed by atoms with van der Waals surface area (Å²) in [5, 5.41) is 1.98. The molecule has 1 aromatic carbocycles. The van der Waals surface area contributed by atoms with E-state index in [-0.39, 0.29) is 6.04 Å². The molecule has 2 N–H and O–H groups in total. The van der Waals surface area contributed by atoms with Crippen LogP contribution in [0.15, 0.2) is 40.2 Å². The summed E-state index contributed by atoms with van der Waals surface area (Å²) in [4.78, 5) is 4.23. The van der Waals surface area contributed by atoms with Crippen molar-refractivity contribution in [1.29, 1.82) is 0 Å². The summed E-state index contributed by atoms with van der Waals surface area (Å²) in [7, 11) is 0. The normalized spacial score (nSPS) is 12.3. The summed E-state index contributed by atoms with van der Waals surface area (Å²) in [5.41, 5.74) is 7.28. The Labute approximate surface area is 115 Å². The van der Waals surface area contributed by atoms with Crippen LogP contribution in [0.4, 0.5) is 0 Å². The molecule has 0 aliphatic heterocycles. The molecular formula is C13H16N2OS2. The molecule has 0 radical (unpaired) electrons. The molecule has 0 saturated heterocycles. The van der Waals surface area contributed by atoms with Gasteiger partial charge in [0, 0.05) is 23.4 Å². The van der Waals surface area contributed by atoms with Gasteiger partial charge in [-0.3, -0.25) is 0 Å². The Morgan fingerprint density at radius 3 is 2.78 bits per heavy atom. The minimum absolute atomic E-state index is 0.0228. The van der Waals surface area contributed by atoms with Gasteiger partial charge >= 0.3 is 0 Å². The third kappa shape index (κ3) is 3.73. The molecule has 3 nitrogen and oxygen atoms in total. The molecule has 5 heteroatoms. The Morgan fingerprint density at radius 1 is 1.39 bits per heavy atom. The molecule has 0 aliphatic rings. The van der Waals surface area contributed by atoms with E-state index >= 15 is 0 Å². The topological polar surface area (TPSA) is 48.1 Å². The Hall–Kier alpha value is -1.04. The fraction of sp³-hybridized carbons (Fsp3) is 0.308. The summed E-state index contributed by atoms with van der Waals surface area (Å²) in [6.45, 7) is 2.66. The quantitative estimate of drug-likeness (QED) is 0.825. The smallest absolute Gasteiger partial charge is 0.149 e. The maximum atomic E-state index is 6.15. The predicted octanol–water partition coefficient (Wildman–Crippen LogP) is 3.33. The summed E-state index contributed by atoms with van der Waals surface area (Å²) in [6, 6.07) is 8.00. The number of hydrogen-bond donors (Lipinski definition) is 1. The van der Waals surface area contributed by atoms with Crippen molar-refractivity contribution < 1.29 is 4.74 Å². The van der Waals surface area contributed by atoms with E-state index in [9.17, 15) is 0 Å². The van der Waals surface area contributed by atoms with Crippen LogP contribution in [0.2, 0.25) is 0 Å². The van der Waals surface area contributed by atoms with Crippen molar-refractivity contribution in [2.45, 2.75) is 17.3 Å². The second-order valence-corrected chi connectivity index (χ2v) is 5.88. The second-order valence-electron chi connectivity index (χ2n) is 3.72. The number of nitrogens with zero attached hydrogens (tertiary/aromatic N) is 1. The number of ether oxygens (including phenoxy) is 1. The third-order valence-electron chi connectivity index (χ3n) is 2.42. The van der Waals surface area contributed by atoms with E-state index < -0.39 is 0 Å². The summed E-state index contributed by atoms with van der Waals surface area (Å²) < 4.78 is 6.47. The maximum absolute atomic E-state index is 6.15.